The molecule has 0 saturated carbocycles. The van der Waals surface area contributed by atoms with Crippen LogP contribution in [-0.2, 0) is 20.9 Å². The molecular weight excluding hydrogens is 368 g/mol. The number of carbonyl (C=O) groups excluding carboxylic acids is 1. The van der Waals surface area contributed by atoms with Crippen LogP contribution in [-0.4, -0.2) is 58.3 Å². The molecule has 0 unspecified atom stereocenters. The zero-order valence-electron chi connectivity index (χ0n) is 17.3. The van der Waals surface area contributed by atoms with Crippen molar-refractivity contribution in [2.45, 2.75) is 6.61 Å². The standard InChI is InChI=1S/C23H28N2O4/c1-24-11-13-25(14-12-24)19-8-6-9-20(15-19)29-16-18-7-4-5-10-21(18)22(17-27-2)23(26)28-3/h4-10,15,17H,11-14,16H2,1-3H3. The van der Waals surface area contributed by atoms with Crippen molar-refractivity contribution in [2.24, 2.45) is 0 Å². The van der Waals surface area contributed by atoms with Crippen molar-refractivity contribution in [1.82, 2.24) is 4.90 Å². The topological polar surface area (TPSA) is 51.2 Å². The summed E-state index contributed by atoms with van der Waals surface area (Å²) in [5.41, 5.74) is 3.14. The fourth-order valence-corrected chi connectivity index (χ4v) is 3.35. The second-order valence-corrected chi connectivity index (χ2v) is 6.99. The number of benzene rings is 2. The van der Waals surface area contributed by atoms with Crippen molar-refractivity contribution in [3.8, 4) is 5.75 Å². The van der Waals surface area contributed by atoms with Crippen LogP contribution >= 0.6 is 0 Å². The minimum absolute atomic E-state index is 0.334. The first-order chi connectivity index (χ1) is 14.1. The highest BCUT2D eigenvalue weighted by molar-refractivity contribution is 6.16. The number of piperazine rings is 1. The number of rotatable bonds is 7. The monoisotopic (exact) mass is 396 g/mol. The van der Waals surface area contributed by atoms with Crippen molar-refractivity contribution >= 4 is 17.2 Å². The molecule has 3 rings (SSSR count). The number of methoxy groups -OCH3 is 2. The molecule has 1 fully saturated rings. The van der Waals surface area contributed by atoms with E-state index < -0.39 is 5.97 Å². The summed E-state index contributed by atoms with van der Waals surface area (Å²) in [6, 6.07) is 15.7. The van der Waals surface area contributed by atoms with Gasteiger partial charge in [0.1, 0.15) is 17.9 Å². The van der Waals surface area contributed by atoms with Crippen LogP contribution in [0.1, 0.15) is 11.1 Å². The second-order valence-electron chi connectivity index (χ2n) is 6.99. The van der Waals surface area contributed by atoms with Gasteiger partial charge in [-0.05, 0) is 30.3 Å². The van der Waals surface area contributed by atoms with Gasteiger partial charge in [-0.3, -0.25) is 0 Å². The van der Waals surface area contributed by atoms with Crippen molar-refractivity contribution in [1.29, 1.82) is 0 Å². The van der Waals surface area contributed by atoms with Gasteiger partial charge >= 0.3 is 5.97 Å². The summed E-state index contributed by atoms with van der Waals surface area (Å²) in [6.45, 7) is 4.46. The highest BCUT2D eigenvalue weighted by Gasteiger charge is 2.17. The summed E-state index contributed by atoms with van der Waals surface area (Å²) in [4.78, 5) is 16.9. The first-order valence-electron chi connectivity index (χ1n) is 9.68. The van der Waals surface area contributed by atoms with E-state index in [-0.39, 0.29) is 0 Å². The molecule has 1 aliphatic rings. The number of likely N-dealkylation sites (N-methyl/N-ethyl adjacent to an activating group) is 1. The summed E-state index contributed by atoms with van der Waals surface area (Å²) in [6.07, 6.45) is 1.40. The molecule has 1 heterocycles. The Morgan fingerprint density at radius 1 is 1.03 bits per heavy atom. The Labute approximate surface area is 172 Å². The Kier molecular flexibility index (Phi) is 7.14. The highest BCUT2D eigenvalue weighted by Crippen LogP contribution is 2.25. The van der Waals surface area contributed by atoms with Gasteiger partial charge in [0.25, 0.3) is 0 Å². The second kappa shape index (κ2) is 9.98. The quantitative estimate of drug-likeness (QED) is 0.407. The molecule has 154 valence electrons. The number of hydrogen-bond acceptors (Lipinski definition) is 6. The lowest BCUT2D eigenvalue weighted by molar-refractivity contribution is -0.133. The lowest BCUT2D eigenvalue weighted by Crippen LogP contribution is -2.44. The van der Waals surface area contributed by atoms with Gasteiger partial charge in [0, 0.05) is 37.9 Å². The third-order valence-electron chi connectivity index (χ3n) is 5.03. The molecular formula is C23H28N2O4. The molecule has 6 heteroatoms. The zero-order valence-corrected chi connectivity index (χ0v) is 17.3. The van der Waals surface area contributed by atoms with Crippen LogP contribution in [0.5, 0.6) is 5.75 Å². The number of hydrogen-bond donors (Lipinski definition) is 0. The van der Waals surface area contributed by atoms with Crippen LogP contribution in [0.4, 0.5) is 5.69 Å². The maximum Gasteiger partial charge on any atom is 0.341 e. The van der Waals surface area contributed by atoms with E-state index in [9.17, 15) is 4.79 Å². The van der Waals surface area contributed by atoms with Crippen molar-refractivity contribution in [3.05, 3.63) is 65.9 Å². The minimum atomic E-state index is -0.448. The van der Waals surface area contributed by atoms with Gasteiger partial charge in [-0.1, -0.05) is 30.3 Å². The van der Waals surface area contributed by atoms with Gasteiger partial charge in [-0.15, -0.1) is 0 Å². The van der Waals surface area contributed by atoms with Crippen LogP contribution in [0.15, 0.2) is 54.8 Å². The van der Waals surface area contributed by atoms with E-state index in [1.54, 1.807) is 0 Å². The van der Waals surface area contributed by atoms with Crippen LogP contribution < -0.4 is 9.64 Å². The largest absolute Gasteiger partial charge is 0.503 e. The third kappa shape index (κ3) is 5.29. The Morgan fingerprint density at radius 3 is 2.52 bits per heavy atom. The van der Waals surface area contributed by atoms with Gasteiger partial charge in [0.05, 0.1) is 20.5 Å². The zero-order chi connectivity index (χ0) is 20.6. The lowest BCUT2D eigenvalue weighted by atomic mass is 10.0. The minimum Gasteiger partial charge on any atom is -0.503 e. The Bertz CT molecular complexity index is 857. The van der Waals surface area contributed by atoms with E-state index in [0.29, 0.717) is 12.2 Å². The van der Waals surface area contributed by atoms with Gasteiger partial charge in [0.2, 0.25) is 0 Å². The molecule has 0 amide bonds. The summed E-state index contributed by atoms with van der Waals surface area (Å²) in [5.74, 6) is 0.350. The lowest BCUT2D eigenvalue weighted by Gasteiger charge is -2.34. The number of anilines is 1. The third-order valence-corrected chi connectivity index (χ3v) is 5.03. The predicted octanol–water partition coefficient (Wildman–Crippen LogP) is 3.18. The summed E-state index contributed by atoms with van der Waals surface area (Å²) in [7, 11) is 5.01. The van der Waals surface area contributed by atoms with E-state index in [1.165, 1.54) is 26.2 Å². The molecule has 0 N–H and O–H groups in total. The molecule has 1 saturated heterocycles. The van der Waals surface area contributed by atoms with Gasteiger partial charge in [-0.2, -0.15) is 0 Å². The van der Waals surface area contributed by atoms with Crippen LogP contribution in [0.2, 0.25) is 0 Å². The van der Waals surface area contributed by atoms with Crippen LogP contribution in [0, 0.1) is 0 Å². The predicted molar refractivity (Wildman–Crippen MR) is 114 cm³/mol. The molecule has 1 aliphatic heterocycles. The van der Waals surface area contributed by atoms with E-state index in [2.05, 4.69) is 29.0 Å². The highest BCUT2D eigenvalue weighted by atomic mass is 16.5. The Hall–Kier alpha value is -2.99. The van der Waals surface area contributed by atoms with Crippen molar-refractivity contribution in [2.75, 3.05) is 52.3 Å². The molecule has 0 spiro atoms. The van der Waals surface area contributed by atoms with E-state index in [4.69, 9.17) is 14.2 Å². The average Bonchev–Trinajstić information content (AvgIpc) is 2.76. The fourth-order valence-electron chi connectivity index (χ4n) is 3.35. The Morgan fingerprint density at radius 2 is 1.79 bits per heavy atom. The summed E-state index contributed by atoms with van der Waals surface area (Å²) < 4.78 is 16.0. The van der Waals surface area contributed by atoms with E-state index in [0.717, 1.165) is 43.1 Å². The number of ether oxygens (including phenoxy) is 3. The first kappa shape index (κ1) is 20.7. The molecule has 0 aliphatic carbocycles. The molecule has 0 radical (unpaired) electrons. The maximum atomic E-state index is 12.2. The number of carbonyl (C=O) groups is 1. The van der Waals surface area contributed by atoms with E-state index >= 15 is 0 Å². The van der Waals surface area contributed by atoms with E-state index in [1.807, 2.05) is 36.4 Å². The number of nitrogens with zero attached hydrogens (tertiary/aromatic N) is 2. The van der Waals surface area contributed by atoms with Gasteiger partial charge < -0.3 is 24.0 Å². The summed E-state index contributed by atoms with van der Waals surface area (Å²) in [5, 5.41) is 0. The van der Waals surface area contributed by atoms with Gasteiger partial charge in [0.15, 0.2) is 0 Å². The molecule has 6 nitrogen and oxygen atoms in total. The molecule has 0 atom stereocenters. The maximum absolute atomic E-state index is 12.2. The summed E-state index contributed by atoms with van der Waals surface area (Å²) >= 11 is 0. The van der Waals surface area contributed by atoms with Gasteiger partial charge in [-0.25, -0.2) is 4.79 Å². The fraction of sp³-hybridized carbons (Fsp3) is 0.348. The van der Waals surface area contributed by atoms with Crippen molar-refractivity contribution < 1.29 is 19.0 Å². The molecule has 0 bridgehead atoms. The molecule has 2 aromatic rings. The smallest absolute Gasteiger partial charge is 0.341 e. The first-order valence-corrected chi connectivity index (χ1v) is 9.68. The molecule has 0 aromatic heterocycles. The van der Waals surface area contributed by atoms with Crippen molar-refractivity contribution in [3.63, 3.8) is 0 Å². The molecule has 2 aromatic carbocycles. The Balaban J connectivity index is 1.75. The van der Waals surface area contributed by atoms with Crippen LogP contribution in [0.3, 0.4) is 0 Å². The average molecular weight is 396 g/mol. The normalized spacial score (nSPS) is 15.1. The number of esters is 1. The molecule has 29 heavy (non-hydrogen) atoms. The van der Waals surface area contributed by atoms with Crippen LogP contribution in [0.25, 0.3) is 5.57 Å². The SMILES string of the molecule is COC=C(C(=O)OC)c1ccccc1COc1cccc(N2CCN(C)CC2)c1.